The van der Waals surface area contributed by atoms with Gasteiger partial charge in [-0.15, -0.1) is 0 Å². The molecular formula is C17H19NO3. The molecular weight excluding hydrogens is 266 g/mol. The van der Waals surface area contributed by atoms with Crippen LogP contribution in [-0.4, -0.2) is 24.8 Å². The zero-order valence-corrected chi connectivity index (χ0v) is 12.2. The first-order valence-electron chi connectivity index (χ1n) is 6.76. The van der Waals surface area contributed by atoms with E-state index in [-0.39, 0.29) is 6.04 Å². The van der Waals surface area contributed by atoms with Gasteiger partial charge in [0.15, 0.2) is 0 Å². The first-order chi connectivity index (χ1) is 10.1. The highest BCUT2D eigenvalue weighted by atomic mass is 16.5. The summed E-state index contributed by atoms with van der Waals surface area (Å²) in [4.78, 5) is 11.2. The fraction of sp³-hybridized carbons (Fsp3) is 0.235. The molecule has 1 unspecified atom stereocenters. The van der Waals surface area contributed by atoms with E-state index < -0.39 is 5.97 Å². The Balaban J connectivity index is 2.30. The van der Waals surface area contributed by atoms with Crippen LogP contribution in [-0.2, 0) is 4.74 Å². The van der Waals surface area contributed by atoms with Gasteiger partial charge in [-0.1, -0.05) is 36.4 Å². The molecule has 0 heterocycles. The van der Waals surface area contributed by atoms with E-state index in [0.717, 1.165) is 16.8 Å². The molecule has 0 aliphatic carbocycles. The summed E-state index contributed by atoms with van der Waals surface area (Å²) in [5.74, 6) is -0.917. The summed E-state index contributed by atoms with van der Waals surface area (Å²) in [7, 11) is 1.65. The molecule has 1 atom stereocenters. The second-order valence-electron chi connectivity index (χ2n) is 4.85. The van der Waals surface area contributed by atoms with Crippen molar-refractivity contribution in [3.63, 3.8) is 0 Å². The Morgan fingerprint density at radius 2 is 1.90 bits per heavy atom. The van der Waals surface area contributed by atoms with Crippen LogP contribution in [0, 0.1) is 6.92 Å². The Hall–Kier alpha value is -2.33. The van der Waals surface area contributed by atoms with Gasteiger partial charge < -0.3 is 15.2 Å². The van der Waals surface area contributed by atoms with Crippen molar-refractivity contribution in [3.05, 3.63) is 65.2 Å². The Morgan fingerprint density at radius 1 is 1.19 bits per heavy atom. The summed E-state index contributed by atoms with van der Waals surface area (Å²) in [6.07, 6.45) is 0. The van der Waals surface area contributed by atoms with Gasteiger partial charge in [0.25, 0.3) is 0 Å². The quantitative estimate of drug-likeness (QED) is 0.853. The number of ether oxygens (including phenoxy) is 1. The fourth-order valence-electron chi connectivity index (χ4n) is 2.28. The minimum atomic E-state index is -0.917. The van der Waals surface area contributed by atoms with Crippen LogP contribution in [0.25, 0.3) is 0 Å². The smallest absolute Gasteiger partial charge is 0.336 e. The molecule has 2 rings (SSSR count). The first-order valence-corrected chi connectivity index (χ1v) is 6.76. The second-order valence-corrected chi connectivity index (χ2v) is 4.85. The molecule has 110 valence electrons. The van der Waals surface area contributed by atoms with Crippen LogP contribution in [0.15, 0.2) is 48.5 Å². The molecule has 0 aliphatic heterocycles. The molecule has 2 aromatic rings. The van der Waals surface area contributed by atoms with E-state index >= 15 is 0 Å². The standard InChI is InChI=1S/C17H19NO3/c1-12-14(17(19)20)9-6-10-15(12)18-16(11-21-2)13-7-4-3-5-8-13/h3-10,16,18H,11H2,1-2H3,(H,19,20). The van der Waals surface area contributed by atoms with Crippen molar-refractivity contribution in [2.75, 3.05) is 19.0 Å². The van der Waals surface area contributed by atoms with E-state index in [1.165, 1.54) is 0 Å². The monoisotopic (exact) mass is 285 g/mol. The molecule has 0 bridgehead atoms. The molecule has 0 aromatic heterocycles. The predicted molar refractivity (Wildman–Crippen MR) is 82.8 cm³/mol. The van der Waals surface area contributed by atoms with Crippen molar-refractivity contribution >= 4 is 11.7 Å². The van der Waals surface area contributed by atoms with E-state index in [2.05, 4.69) is 5.32 Å². The third-order valence-electron chi connectivity index (χ3n) is 3.43. The lowest BCUT2D eigenvalue weighted by molar-refractivity contribution is 0.0696. The summed E-state index contributed by atoms with van der Waals surface area (Å²) in [6, 6.07) is 15.2. The number of aromatic carboxylic acids is 1. The molecule has 4 nitrogen and oxygen atoms in total. The lowest BCUT2D eigenvalue weighted by Gasteiger charge is -2.21. The number of nitrogens with one attached hydrogen (secondary N) is 1. The fourth-order valence-corrected chi connectivity index (χ4v) is 2.28. The van der Waals surface area contributed by atoms with Crippen molar-refractivity contribution in [1.29, 1.82) is 0 Å². The van der Waals surface area contributed by atoms with E-state index in [1.54, 1.807) is 26.2 Å². The molecule has 0 saturated heterocycles. The lowest BCUT2D eigenvalue weighted by Crippen LogP contribution is -2.17. The Labute approximate surface area is 124 Å². The van der Waals surface area contributed by atoms with E-state index in [4.69, 9.17) is 4.74 Å². The van der Waals surface area contributed by atoms with Gasteiger partial charge in [0, 0.05) is 12.8 Å². The molecule has 2 N–H and O–H groups in total. The van der Waals surface area contributed by atoms with E-state index in [9.17, 15) is 9.90 Å². The van der Waals surface area contributed by atoms with Crippen LogP contribution in [0.4, 0.5) is 5.69 Å². The summed E-state index contributed by atoms with van der Waals surface area (Å²) < 4.78 is 5.27. The molecule has 0 fully saturated rings. The van der Waals surface area contributed by atoms with Crippen LogP contribution < -0.4 is 5.32 Å². The van der Waals surface area contributed by atoms with Gasteiger partial charge in [-0.3, -0.25) is 0 Å². The molecule has 0 saturated carbocycles. The maximum atomic E-state index is 11.2. The summed E-state index contributed by atoms with van der Waals surface area (Å²) in [5, 5.41) is 12.6. The first kappa shape index (κ1) is 15.1. The number of hydrogen-bond donors (Lipinski definition) is 2. The van der Waals surface area contributed by atoms with Gasteiger partial charge in [0.2, 0.25) is 0 Å². The highest BCUT2D eigenvalue weighted by Crippen LogP contribution is 2.24. The normalized spacial score (nSPS) is 11.9. The zero-order chi connectivity index (χ0) is 15.2. The van der Waals surface area contributed by atoms with Gasteiger partial charge in [-0.05, 0) is 30.2 Å². The Kier molecular flexibility index (Phi) is 4.95. The van der Waals surface area contributed by atoms with Crippen molar-refractivity contribution < 1.29 is 14.6 Å². The Bertz CT molecular complexity index is 611. The van der Waals surface area contributed by atoms with Gasteiger partial charge in [-0.25, -0.2) is 4.79 Å². The topological polar surface area (TPSA) is 58.6 Å². The molecule has 0 spiro atoms. The highest BCUT2D eigenvalue weighted by molar-refractivity contribution is 5.91. The van der Waals surface area contributed by atoms with E-state index in [1.807, 2.05) is 36.4 Å². The zero-order valence-electron chi connectivity index (χ0n) is 12.2. The number of methoxy groups -OCH3 is 1. The summed E-state index contributed by atoms with van der Waals surface area (Å²) in [5.41, 5.74) is 2.94. The average Bonchev–Trinajstić information content (AvgIpc) is 2.49. The van der Waals surface area contributed by atoms with Crippen LogP contribution in [0.3, 0.4) is 0 Å². The highest BCUT2D eigenvalue weighted by Gasteiger charge is 2.15. The lowest BCUT2D eigenvalue weighted by atomic mass is 10.0. The number of carboxylic acid groups (broad SMARTS) is 1. The number of carboxylic acids is 1. The molecule has 0 radical (unpaired) electrons. The third kappa shape index (κ3) is 3.61. The van der Waals surface area contributed by atoms with E-state index in [0.29, 0.717) is 12.2 Å². The van der Waals surface area contributed by atoms with Crippen molar-refractivity contribution in [1.82, 2.24) is 0 Å². The Morgan fingerprint density at radius 3 is 2.52 bits per heavy atom. The minimum absolute atomic E-state index is 0.0288. The van der Waals surface area contributed by atoms with Gasteiger partial charge in [0.1, 0.15) is 0 Å². The van der Waals surface area contributed by atoms with Crippen molar-refractivity contribution in [3.8, 4) is 0 Å². The van der Waals surface area contributed by atoms with Crippen molar-refractivity contribution in [2.24, 2.45) is 0 Å². The molecule has 4 heteroatoms. The molecule has 2 aromatic carbocycles. The van der Waals surface area contributed by atoms with Gasteiger partial charge in [-0.2, -0.15) is 0 Å². The number of hydrogen-bond acceptors (Lipinski definition) is 3. The van der Waals surface area contributed by atoms with Gasteiger partial charge in [0.05, 0.1) is 18.2 Å². The minimum Gasteiger partial charge on any atom is -0.478 e. The predicted octanol–water partition coefficient (Wildman–Crippen LogP) is 3.49. The molecule has 0 amide bonds. The molecule has 0 aliphatic rings. The van der Waals surface area contributed by atoms with Crippen molar-refractivity contribution in [2.45, 2.75) is 13.0 Å². The van der Waals surface area contributed by atoms with Crippen LogP contribution >= 0.6 is 0 Å². The van der Waals surface area contributed by atoms with Crippen LogP contribution in [0.5, 0.6) is 0 Å². The van der Waals surface area contributed by atoms with Crippen LogP contribution in [0.1, 0.15) is 27.5 Å². The largest absolute Gasteiger partial charge is 0.478 e. The number of rotatable bonds is 6. The number of anilines is 1. The third-order valence-corrected chi connectivity index (χ3v) is 3.43. The second kappa shape index (κ2) is 6.90. The number of benzene rings is 2. The number of carbonyl (C=O) groups is 1. The maximum absolute atomic E-state index is 11.2. The SMILES string of the molecule is COCC(Nc1cccc(C(=O)O)c1C)c1ccccc1. The maximum Gasteiger partial charge on any atom is 0.336 e. The summed E-state index contributed by atoms with van der Waals surface area (Å²) in [6.45, 7) is 2.31. The van der Waals surface area contributed by atoms with Crippen LogP contribution in [0.2, 0.25) is 0 Å². The average molecular weight is 285 g/mol. The van der Waals surface area contributed by atoms with Gasteiger partial charge >= 0.3 is 5.97 Å². The molecule has 21 heavy (non-hydrogen) atoms. The summed E-state index contributed by atoms with van der Waals surface area (Å²) >= 11 is 0.